The average Bonchev–Trinajstić information content (AvgIpc) is 3.89. The highest BCUT2D eigenvalue weighted by Crippen LogP contribution is 2.55. The molecule has 2 nitrogen and oxygen atoms in total. The highest BCUT2D eigenvalue weighted by Gasteiger charge is 2.41. The lowest BCUT2D eigenvalue weighted by molar-refractivity contribution is 0.490. The molecule has 0 saturated heterocycles. The third kappa shape index (κ3) is 6.71. The number of benzene rings is 10. The van der Waals surface area contributed by atoms with Gasteiger partial charge < -0.3 is 9.47 Å². The van der Waals surface area contributed by atoms with Gasteiger partial charge in [-0.1, -0.05) is 196 Å². The molecule has 1 aliphatic rings. The minimum atomic E-state index is -0.172. The number of para-hydroxylation sites is 3. The second-order valence-electron chi connectivity index (χ2n) is 17.9. The minimum absolute atomic E-state index is 0.172. The van der Waals surface area contributed by atoms with Gasteiger partial charge in [0.15, 0.2) is 0 Å². The van der Waals surface area contributed by atoms with Gasteiger partial charge in [-0.25, -0.2) is 0 Å². The Labute approximate surface area is 393 Å². The maximum absolute atomic E-state index is 2.51. The lowest BCUT2D eigenvalue weighted by Crippen LogP contribution is -2.24. The van der Waals surface area contributed by atoms with Gasteiger partial charge >= 0.3 is 0 Å². The van der Waals surface area contributed by atoms with Gasteiger partial charge in [0.1, 0.15) is 0 Å². The van der Waals surface area contributed by atoms with Gasteiger partial charge in [0.2, 0.25) is 0 Å². The minimum Gasteiger partial charge on any atom is -0.310 e. The molecule has 0 unspecified atom stereocenters. The van der Waals surface area contributed by atoms with E-state index >= 15 is 0 Å². The summed E-state index contributed by atoms with van der Waals surface area (Å²) >= 11 is 0. The summed E-state index contributed by atoms with van der Waals surface area (Å²) in [5, 5.41) is 2.56. The largest absolute Gasteiger partial charge is 0.310 e. The summed E-state index contributed by atoms with van der Waals surface area (Å²) in [4.78, 5) is 2.49. The van der Waals surface area contributed by atoms with Crippen LogP contribution < -0.4 is 4.90 Å². The highest BCUT2D eigenvalue weighted by atomic mass is 15.1. The van der Waals surface area contributed by atoms with Gasteiger partial charge in [-0.15, -0.1) is 0 Å². The number of nitrogens with zero attached hydrogens (tertiary/aromatic N) is 2. The zero-order valence-electron chi connectivity index (χ0n) is 37.9. The predicted octanol–water partition coefficient (Wildman–Crippen LogP) is 18.0. The van der Waals surface area contributed by atoms with Gasteiger partial charge in [0.25, 0.3) is 0 Å². The van der Waals surface area contributed by atoms with E-state index < -0.39 is 0 Å². The zero-order valence-corrected chi connectivity index (χ0v) is 37.9. The maximum atomic E-state index is 2.51. The fraction of sp³-hybridized carbons (Fsp3) is 0.0769. The molecule has 0 bridgehead atoms. The molecule has 0 amide bonds. The smallest absolute Gasteiger partial charge is 0.0541 e. The van der Waals surface area contributed by atoms with Crippen molar-refractivity contribution in [2.45, 2.75) is 32.1 Å². The van der Waals surface area contributed by atoms with Crippen molar-refractivity contribution in [2.75, 3.05) is 4.90 Å². The van der Waals surface area contributed by atoms with Crippen molar-refractivity contribution in [3.8, 4) is 61.3 Å². The molecule has 1 heterocycles. The predicted molar refractivity (Wildman–Crippen MR) is 284 cm³/mol. The Bertz CT molecular complexity index is 3540. The van der Waals surface area contributed by atoms with Crippen LogP contribution in [-0.4, -0.2) is 4.57 Å². The van der Waals surface area contributed by atoms with E-state index in [1.54, 1.807) is 0 Å². The molecule has 0 atom stereocenters. The Morgan fingerprint density at radius 1 is 0.343 bits per heavy atom. The molecule has 67 heavy (non-hydrogen) atoms. The molecule has 0 spiro atoms. The van der Waals surface area contributed by atoms with Crippen LogP contribution in [0.15, 0.2) is 243 Å². The summed E-state index contributed by atoms with van der Waals surface area (Å²) in [7, 11) is 0. The van der Waals surface area contributed by atoms with Crippen LogP contribution in [0.5, 0.6) is 0 Å². The Hall–Kier alpha value is -8.20. The van der Waals surface area contributed by atoms with Crippen molar-refractivity contribution in [1.29, 1.82) is 0 Å². The van der Waals surface area contributed by atoms with Crippen LogP contribution >= 0.6 is 0 Å². The molecule has 0 saturated carbocycles. The van der Waals surface area contributed by atoms with Crippen molar-refractivity contribution in [3.05, 3.63) is 254 Å². The Morgan fingerprint density at radius 3 is 1.49 bits per heavy atom. The van der Waals surface area contributed by atoms with Crippen molar-refractivity contribution in [2.24, 2.45) is 0 Å². The first-order valence-corrected chi connectivity index (χ1v) is 23.7. The fourth-order valence-electron chi connectivity index (χ4n) is 11.2. The molecule has 0 N–H and O–H groups in total. The number of hydrogen-bond acceptors (Lipinski definition) is 1. The van der Waals surface area contributed by atoms with Crippen LogP contribution in [0, 0.1) is 0 Å². The molecule has 0 aliphatic heterocycles. The summed E-state index contributed by atoms with van der Waals surface area (Å²) < 4.78 is 2.46. The van der Waals surface area contributed by atoms with Gasteiger partial charge in [0.05, 0.1) is 16.7 Å². The van der Waals surface area contributed by atoms with Crippen LogP contribution in [-0.2, 0) is 5.41 Å². The number of anilines is 3. The van der Waals surface area contributed by atoms with Gasteiger partial charge in [0, 0.05) is 38.8 Å². The normalized spacial score (nSPS) is 12.6. The lowest BCUT2D eigenvalue weighted by atomic mass is 9.73. The highest BCUT2D eigenvalue weighted by molar-refractivity contribution is 6.09. The summed E-state index contributed by atoms with van der Waals surface area (Å²) in [6.45, 7) is 4.75. The Morgan fingerprint density at radius 2 is 0.836 bits per heavy atom. The van der Waals surface area contributed by atoms with Crippen LogP contribution in [0.2, 0.25) is 0 Å². The second kappa shape index (κ2) is 16.7. The van der Waals surface area contributed by atoms with Gasteiger partial charge in [-0.3, -0.25) is 0 Å². The molecule has 1 aromatic heterocycles. The van der Waals surface area contributed by atoms with Crippen molar-refractivity contribution >= 4 is 38.9 Å². The molecule has 0 radical (unpaired) electrons. The maximum Gasteiger partial charge on any atom is 0.0541 e. The number of aromatic nitrogens is 1. The third-order valence-electron chi connectivity index (χ3n) is 14.5. The van der Waals surface area contributed by atoms with Crippen LogP contribution in [0.4, 0.5) is 17.1 Å². The van der Waals surface area contributed by atoms with Crippen molar-refractivity contribution < 1.29 is 0 Å². The number of hydrogen-bond donors (Lipinski definition) is 0. The molecule has 11 aromatic rings. The van der Waals surface area contributed by atoms with Gasteiger partial charge in [-0.05, 0) is 135 Å². The van der Waals surface area contributed by atoms with E-state index in [0.29, 0.717) is 0 Å². The molecule has 2 heteroatoms. The standard InChI is InChI=1S/C65H50N2/c1-3-65(4-2)60-43-51(38-40-55(60)56-41-39-52(44-61(56)65)67-63-32-17-14-29-58(63)59-30-15-18-33-64(59)67)66(50-36-34-46(35-37-50)49-25-19-24-48(42-49)45-20-7-5-8-21-45)62-31-16-13-28-57(62)54-27-12-11-26-53(54)47-22-9-6-10-23-47/h5-44H,3-4H2,1-2H3. The zero-order chi connectivity index (χ0) is 44.9. The summed E-state index contributed by atoms with van der Waals surface area (Å²) in [5.41, 5.74) is 22.0. The SMILES string of the molecule is CCC1(CC)c2cc(N(c3ccc(-c4cccc(-c5ccccc5)c4)cc3)c3ccccc3-c3ccccc3-c3ccccc3)ccc2-c2ccc(-n3c4ccccc4c4ccccc43)cc21. The van der Waals surface area contributed by atoms with E-state index in [1.165, 1.54) is 94.3 Å². The monoisotopic (exact) mass is 858 g/mol. The summed E-state index contributed by atoms with van der Waals surface area (Å²) in [6.07, 6.45) is 1.97. The van der Waals surface area contributed by atoms with E-state index in [9.17, 15) is 0 Å². The number of fused-ring (bicyclic) bond motifs is 6. The molecular weight excluding hydrogens is 809 g/mol. The third-order valence-corrected chi connectivity index (χ3v) is 14.5. The van der Waals surface area contributed by atoms with E-state index in [-0.39, 0.29) is 5.41 Å². The molecular formula is C65H50N2. The number of rotatable bonds is 10. The van der Waals surface area contributed by atoms with Crippen LogP contribution in [0.25, 0.3) is 83.1 Å². The molecule has 320 valence electrons. The molecule has 12 rings (SSSR count). The molecule has 0 fully saturated rings. The van der Waals surface area contributed by atoms with Crippen LogP contribution in [0.3, 0.4) is 0 Å². The fourth-order valence-corrected chi connectivity index (χ4v) is 11.2. The first-order valence-electron chi connectivity index (χ1n) is 23.7. The lowest BCUT2D eigenvalue weighted by Gasteiger charge is -2.32. The van der Waals surface area contributed by atoms with Crippen molar-refractivity contribution in [1.82, 2.24) is 4.57 Å². The Balaban J connectivity index is 1.02. The van der Waals surface area contributed by atoms with Crippen molar-refractivity contribution in [3.63, 3.8) is 0 Å². The van der Waals surface area contributed by atoms with E-state index in [2.05, 4.69) is 266 Å². The first kappa shape index (κ1) is 40.3. The topological polar surface area (TPSA) is 8.17 Å². The summed E-state index contributed by atoms with van der Waals surface area (Å²) in [5.74, 6) is 0. The molecule has 10 aromatic carbocycles. The Kier molecular flexibility index (Phi) is 10.0. The van der Waals surface area contributed by atoms with Gasteiger partial charge in [-0.2, -0.15) is 0 Å². The quantitative estimate of drug-likeness (QED) is 0.133. The molecule has 1 aliphatic carbocycles. The first-order chi connectivity index (χ1) is 33.1. The summed E-state index contributed by atoms with van der Waals surface area (Å²) in [6, 6.07) is 89.4. The van der Waals surface area contributed by atoms with Crippen LogP contribution in [0.1, 0.15) is 37.8 Å². The average molecular weight is 859 g/mol. The van der Waals surface area contributed by atoms with E-state index in [4.69, 9.17) is 0 Å². The van der Waals surface area contributed by atoms with E-state index in [1.807, 2.05) is 0 Å². The second-order valence-corrected chi connectivity index (χ2v) is 17.9. The van der Waals surface area contributed by atoms with E-state index in [0.717, 1.165) is 29.9 Å².